The second kappa shape index (κ2) is 10.5. The van der Waals surface area contributed by atoms with E-state index in [1.165, 1.54) is 6.21 Å². The van der Waals surface area contributed by atoms with Crippen molar-refractivity contribution in [3.05, 3.63) is 44.7 Å². The highest BCUT2D eigenvalue weighted by molar-refractivity contribution is 6.46. The van der Waals surface area contributed by atoms with E-state index in [2.05, 4.69) is 29.4 Å². The predicted octanol–water partition coefficient (Wildman–Crippen LogP) is 4.82. The summed E-state index contributed by atoms with van der Waals surface area (Å²) in [6.07, 6.45) is 2.38. The van der Waals surface area contributed by atoms with Gasteiger partial charge in [-0.15, -0.1) is 0 Å². The molecule has 1 amide bonds. The molecule has 0 atom stereocenters. The van der Waals surface area contributed by atoms with Gasteiger partial charge < -0.3 is 15.2 Å². The molecule has 7 nitrogen and oxygen atoms in total. The topological polar surface area (TPSA) is 98.8 Å². The summed E-state index contributed by atoms with van der Waals surface area (Å²) in [6, 6.07) is 5.30. The lowest BCUT2D eigenvalue weighted by Gasteiger charge is -2.12. The number of aromatic nitrogens is 1. The van der Waals surface area contributed by atoms with Crippen LogP contribution in [0.3, 0.4) is 0 Å². The first-order chi connectivity index (χ1) is 13.7. The number of rotatable bonds is 8. The van der Waals surface area contributed by atoms with E-state index in [-0.39, 0.29) is 26.6 Å². The number of nitrogens with one attached hydrogen (secondary N) is 1. The average Bonchev–Trinajstić information content (AvgIpc) is 2.69. The highest BCUT2D eigenvalue weighted by atomic mass is 35.5. The third-order valence-corrected chi connectivity index (χ3v) is 4.94. The quantitative estimate of drug-likeness (QED) is 0.335. The lowest BCUT2D eigenvalue weighted by molar-refractivity contribution is 0.0950. The zero-order valence-electron chi connectivity index (χ0n) is 16.1. The summed E-state index contributed by atoms with van der Waals surface area (Å²) >= 11 is 17.7. The van der Waals surface area contributed by atoms with Gasteiger partial charge in [0.1, 0.15) is 5.02 Å². The second-order valence-electron chi connectivity index (χ2n) is 6.43. The highest BCUT2D eigenvalue weighted by Gasteiger charge is 2.19. The lowest BCUT2D eigenvalue weighted by atomic mass is 10.1. The lowest BCUT2D eigenvalue weighted by Crippen LogP contribution is -2.20. The SMILES string of the molecule is COc1cc(/C=N/NC(=O)c2nc(Cl)c(Cl)c(N)c2Cl)ccc1OCCC(C)C. The fraction of sp³-hybridized carbons (Fsp3) is 0.316. The Hall–Kier alpha value is -2.22. The van der Waals surface area contributed by atoms with Crippen molar-refractivity contribution in [2.24, 2.45) is 11.0 Å². The molecule has 0 saturated carbocycles. The van der Waals surface area contributed by atoms with E-state index in [1.54, 1.807) is 25.3 Å². The molecule has 2 rings (SSSR count). The summed E-state index contributed by atoms with van der Waals surface area (Å²) in [5, 5.41) is 3.66. The standard InChI is InChI=1S/C19H21Cl3N4O3/c1-10(2)6-7-29-12-5-4-11(8-13(12)28-3)9-24-26-19(27)17-14(20)16(23)15(21)18(22)25-17/h4-5,8-10H,6-7H2,1-3H3,(H2,23,25)(H,26,27)/b24-9+. The molecule has 0 fully saturated rings. The maximum Gasteiger partial charge on any atom is 0.291 e. The van der Waals surface area contributed by atoms with Crippen molar-refractivity contribution in [2.45, 2.75) is 20.3 Å². The molecular formula is C19H21Cl3N4O3. The van der Waals surface area contributed by atoms with Crippen LogP contribution in [0.2, 0.25) is 15.2 Å². The Morgan fingerprint density at radius 2 is 2.00 bits per heavy atom. The van der Waals surface area contributed by atoms with Gasteiger partial charge in [0.15, 0.2) is 22.3 Å². The Morgan fingerprint density at radius 3 is 2.66 bits per heavy atom. The Morgan fingerprint density at radius 1 is 1.28 bits per heavy atom. The van der Waals surface area contributed by atoms with E-state index in [9.17, 15) is 4.79 Å². The highest BCUT2D eigenvalue weighted by Crippen LogP contribution is 2.34. The van der Waals surface area contributed by atoms with E-state index in [0.717, 1.165) is 6.42 Å². The van der Waals surface area contributed by atoms with E-state index in [0.29, 0.717) is 29.6 Å². The molecule has 10 heteroatoms. The number of methoxy groups -OCH3 is 1. The molecule has 0 saturated heterocycles. The number of hydrogen-bond acceptors (Lipinski definition) is 6. The minimum Gasteiger partial charge on any atom is -0.493 e. The Balaban J connectivity index is 2.07. The second-order valence-corrected chi connectivity index (χ2v) is 7.55. The van der Waals surface area contributed by atoms with Crippen LogP contribution in [0.25, 0.3) is 0 Å². The molecule has 1 aromatic carbocycles. The molecule has 1 heterocycles. The molecule has 29 heavy (non-hydrogen) atoms. The van der Waals surface area contributed by atoms with Gasteiger partial charge in [0, 0.05) is 0 Å². The van der Waals surface area contributed by atoms with Crippen molar-refractivity contribution in [2.75, 3.05) is 19.5 Å². The van der Waals surface area contributed by atoms with E-state index in [4.69, 9.17) is 50.0 Å². The molecule has 0 aliphatic rings. The van der Waals surface area contributed by atoms with Crippen LogP contribution in [0.4, 0.5) is 5.69 Å². The van der Waals surface area contributed by atoms with Gasteiger partial charge in [-0.05, 0) is 36.1 Å². The summed E-state index contributed by atoms with van der Waals surface area (Å²) < 4.78 is 11.1. The van der Waals surface area contributed by atoms with Gasteiger partial charge in [-0.3, -0.25) is 4.79 Å². The smallest absolute Gasteiger partial charge is 0.291 e. The molecule has 156 valence electrons. The number of nitrogen functional groups attached to an aromatic ring is 1. The van der Waals surface area contributed by atoms with Crippen molar-refractivity contribution in [1.29, 1.82) is 0 Å². The molecule has 0 aliphatic heterocycles. The van der Waals surface area contributed by atoms with Crippen LogP contribution in [0.15, 0.2) is 23.3 Å². The molecule has 0 radical (unpaired) electrons. The van der Waals surface area contributed by atoms with Gasteiger partial charge in [0.2, 0.25) is 0 Å². The molecule has 1 aromatic heterocycles. The van der Waals surface area contributed by atoms with Gasteiger partial charge in [-0.1, -0.05) is 48.7 Å². The summed E-state index contributed by atoms with van der Waals surface area (Å²) in [7, 11) is 1.55. The third-order valence-electron chi connectivity index (χ3n) is 3.81. The third kappa shape index (κ3) is 6.13. The van der Waals surface area contributed by atoms with Crippen LogP contribution >= 0.6 is 34.8 Å². The number of hydrazone groups is 1. The molecular weight excluding hydrogens is 439 g/mol. The monoisotopic (exact) mass is 458 g/mol. The first-order valence-electron chi connectivity index (χ1n) is 8.68. The minimum atomic E-state index is -0.683. The Labute approximate surface area is 184 Å². The molecule has 0 unspecified atom stereocenters. The molecule has 3 N–H and O–H groups in total. The van der Waals surface area contributed by atoms with Crippen molar-refractivity contribution < 1.29 is 14.3 Å². The van der Waals surface area contributed by atoms with E-state index in [1.807, 2.05) is 0 Å². The van der Waals surface area contributed by atoms with Crippen molar-refractivity contribution in [3.63, 3.8) is 0 Å². The van der Waals surface area contributed by atoms with Gasteiger partial charge in [0.25, 0.3) is 5.91 Å². The summed E-state index contributed by atoms with van der Waals surface area (Å²) in [5.41, 5.74) is 8.50. The maximum absolute atomic E-state index is 12.2. The fourth-order valence-electron chi connectivity index (χ4n) is 2.19. The minimum absolute atomic E-state index is 0.0143. The average molecular weight is 460 g/mol. The number of amides is 1. The van der Waals surface area contributed by atoms with Crippen LogP contribution in [0, 0.1) is 5.92 Å². The maximum atomic E-state index is 12.2. The summed E-state index contributed by atoms with van der Waals surface area (Å²) in [5.74, 6) is 1.06. The Kier molecular flexibility index (Phi) is 8.37. The number of carbonyl (C=O) groups excluding carboxylic acids is 1. The number of nitrogens with two attached hydrogens (primary N) is 1. The number of benzene rings is 1. The summed E-state index contributed by atoms with van der Waals surface area (Å²) in [6.45, 7) is 4.85. The first-order valence-corrected chi connectivity index (χ1v) is 9.82. The number of nitrogens with zero attached hydrogens (tertiary/aromatic N) is 2. The van der Waals surface area contributed by atoms with Crippen LogP contribution < -0.4 is 20.6 Å². The van der Waals surface area contributed by atoms with Crippen LogP contribution in [-0.2, 0) is 0 Å². The Bertz CT molecular complexity index is 920. The number of carbonyl (C=O) groups is 1. The van der Waals surface area contributed by atoms with Gasteiger partial charge in [-0.25, -0.2) is 10.4 Å². The predicted molar refractivity (Wildman–Crippen MR) is 117 cm³/mol. The van der Waals surface area contributed by atoms with Gasteiger partial charge in [0.05, 0.1) is 30.6 Å². The number of halogens is 3. The fourth-order valence-corrected chi connectivity index (χ4v) is 2.78. The number of pyridine rings is 1. The number of hydrogen-bond donors (Lipinski definition) is 2. The van der Waals surface area contributed by atoms with Gasteiger partial charge in [-0.2, -0.15) is 5.10 Å². The molecule has 2 aromatic rings. The van der Waals surface area contributed by atoms with Crippen LogP contribution in [0.5, 0.6) is 11.5 Å². The van der Waals surface area contributed by atoms with Gasteiger partial charge >= 0.3 is 0 Å². The zero-order chi connectivity index (χ0) is 21.6. The largest absolute Gasteiger partial charge is 0.493 e. The van der Waals surface area contributed by atoms with Crippen molar-refractivity contribution in [3.8, 4) is 11.5 Å². The number of anilines is 1. The van der Waals surface area contributed by atoms with E-state index >= 15 is 0 Å². The summed E-state index contributed by atoms with van der Waals surface area (Å²) in [4.78, 5) is 16.1. The van der Waals surface area contributed by atoms with Crippen molar-refractivity contribution >= 4 is 52.6 Å². The van der Waals surface area contributed by atoms with Crippen molar-refractivity contribution in [1.82, 2.24) is 10.4 Å². The number of ether oxygens (including phenoxy) is 2. The van der Waals surface area contributed by atoms with Crippen LogP contribution in [0.1, 0.15) is 36.3 Å². The molecule has 0 bridgehead atoms. The first kappa shape index (κ1) is 23.1. The molecule has 0 aliphatic carbocycles. The normalized spacial score (nSPS) is 11.1. The zero-order valence-corrected chi connectivity index (χ0v) is 18.4. The van der Waals surface area contributed by atoms with Crippen LogP contribution in [-0.4, -0.2) is 30.8 Å². The molecule has 0 spiro atoms. The van der Waals surface area contributed by atoms with E-state index < -0.39 is 5.91 Å².